The Morgan fingerprint density at radius 2 is 2.13 bits per heavy atom. The Balaban J connectivity index is 2.04. The third-order valence-electron chi connectivity index (χ3n) is 3.76. The molecule has 1 fully saturated rings. The second-order valence-electron chi connectivity index (χ2n) is 6.88. The Hall–Kier alpha value is -2.31. The lowest BCUT2D eigenvalue weighted by atomic mass is 9.82. The Morgan fingerprint density at radius 3 is 2.61 bits per heavy atom. The number of ether oxygens (including phenoxy) is 1. The summed E-state index contributed by atoms with van der Waals surface area (Å²) in [4.78, 5) is 28.1. The van der Waals surface area contributed by atoms with Crippen LogP contribution in [0.15, 0.2) is 18.3 Å². The smallest absolute Gasteiger partial charge is 0.407 e. The van der Waals surface area contributed by atoms with Crippen LogP contribution in [0.4, 0.5) is 4.79 Å². The third kappa shape index (κ3) is 4.12. The monoisotopic (exact) mass is 321 g/mol. The van der Waals surface area contributed by atoms with Crippen LogP contribution in [0, 0.1) is 5.41 Å². The summed E-state index contributed by atoms with van der Waals surface area (Å²) in [6.07, 6.45) is 1.08. The van der Waals surface area contributed by atoms with Crippen molar-refractivity contribution in [2.45, 2.75) is 39.3 Å². The van der Waals surface area contributed by atoms with Crippen LogP contribution in [-0.4, -0.2) is 52.7 Å². The minimum Gasteiger partial charge on any atom is -0.485 e. The largest absolute Gasteiger partial charge is 0.485 e. The van der Waals surface area contributed by atoms with Crippen molar-refractivity contribution in [2.75, 3.05) is 13.6 Å². The molecule has 0 radical (unpaired) electrons. The lowest BCUT2D eigenvalue weighted by molar-refractivity contribution is -0.0467. The summed E-state index contributed by atoms with van der Waals surface area (Å²) in [5.41, 5.74) is 0.314. The van der Waals surface area contributed by atoms with E-state index in [1.807, 2.05) is 0 Å². The summed E-state index contributed by atoms with van der Waals surface area (Å²) in [6.45, 7) is 6.56. The number of likely N-dealkylation sites (tertiary alicyclic amines) is 1. The van der Waals surface area contributed by atoms with Gasteiger partial charge >= 0.3 is 6.09 Å². The van der Waals surface area contributed by atoms with E-state index in [1.54, 1.807) is 19.2 Å². The van der Waals surface area contributed by atoms with Crippen LogP contribution < -0.4 is 10.1 Å². The average molecular weight is 321 g/mol. The molecule has 0 spiro atoms. The Kier molecular flexibility index (Phi) is 4.77. The summed E-state index contributed by atoms with van der Waals surface area (Å²) in [5.74, 6) is 0.273. The highest BCUT2D eigenvalue weighted by atomic mass is 16.5. The van der Waals surface area contributed by atoms with E-state index >= 15 is 0 Å². The van der Waals surface area contributed by atoms with Gasteiger partial charge in [-0.1, -0.05) is 20.8 Å². The minimum absolute atomic E-state index is 0.00170. The van der Waals surface area contributed by atoms with Gasteiger partial charge < -0.3 is 15.2 Å². The average Bonchev–Trinajstić information content (AvgIpc) is 2.47. The van der Waals surface area contributed by atoms with Crippen LogP contribution in [0.2, 0.25) is 0 Å². The summed E-state index contributed by atoms with van der Waals surface area (Å²) < 4.78 is 5.86. The maximum Gasteiger partial charge on any atom is 0.407 e. The fourth-order valence-electron chi connectivity index (χ4n) is 2.61. The second kappa shape index (κ2) is 6.44. The van der Waals surface area contributed by atoms with Crippen molar-refractivity contribution in [3.05, 3.63) is 24.0 Å². The number of carbonyl (C=O) groups is 2. The van der Waals surface area contributed by atoms with Gasteiger partial charge in [0, 0.05) is 7.05 Å². The number of nitrogens with one attached hydrogen (secondary N) is 1. The van der Waals surface area contributed by atoms with Crippen molar-refractivity contribution < 1.29 is 19.4 Å². The van der Waals surface area contributed by atoms with Crippen LogP contribution >= 0.6 is 0 Å². The first-order chi connectivity index (χ1) is 10.7. The molecule has 1 aliphatic rings. The van der Waals surface area contributed by atoms with Crippen LogP contribution in [-0.2, 0) is 0 Å². The van der Waals surface area contributed by atoms with Crippen molar-refractivity contribution >= 4 is 12.0 Å². The van der Waals surface area contributed by atoms with Crippen LogP contribution in [0.1, 0.15) is 37.7 Å². The molecule has 126 valence electrons. The van der Waals surface area contributed by atoms with E-state index < -0.39 is 6.09 Å². The maximum absolute atomic E-state index is 11.5. The molecular formula is C16H23N3O4. The predicted octanol–water partition coefficient (Wildman–Crippen LogP) is 1.99. The number of nitrogens with zero attached hydrogens (tertiary/aromatic N) is 2. The number of hydrogen-bond donors (Lipinski definition) is 2. The Bertz CT molecular complexity index is 580. The SMILES string of the molecule is CNC(=O)c1ccc(O[C@@H]2CN(C(=O)O)[C@H]2CC(C)(C)C)cn1. The Morgan fingerprint density at radius 1 is 1.43 bits per heavy atom. The molecule has 0 bridgehead atoms. The molecule has 7 nitrogen and oxygen atoms in total. The molecule has 2 rings (SSSR count). The van der Waals surface area contributed by atoms with E-state index in [-0.39, 0.29) is 23.5 Å². The first-order valence-electron chi connectivity index (χ1n) is 7.55. The molecule has 1 aliphatic heterocycles. The zero-order chi connectivity index (χ0) is 17.2. The van der Waals surface area contributed by atoms with E-state index in [9.17, 15) is 14.7 Å². The van der Waals surface area contributed by atoms with Gasteiger partial charge in [-0.05, 0) is 24.0 Å². The quantitative estimate of drug-likeness (QED) is 0.885. The van der Waals surface area contributed by atoms with E-state index in [2.05, 4.69) is 31.1 Å². The van der Waals surface area contributed by atoms with E-state index in [1.165, 1.54) is 11.1 Å². The van der Waals surface area contributed by atoms with Gasteiger partial charge in [0.1, 0.15) is 17.5 Å². The summed E-state index contributed by atoms with van der Waals surface area (Å²) in [6, 6.07) is 3.08. The molecule has 0 aromatic carbocycles. The van der Waals surface area contributed by atoms with Crippen molar-refractivity contribution in [3.63, 3.8) is 0 Å². The topological polar surface area (TPSA) is 91.8 Å². The normalized spacial score (nSPS) is 20.6. The van der Waals surface area contributed by atoms with Gasteiger partial charge in [-0.2, -0.15) is 0 Å². The third-order valence-corrected chi connectivity index (χ3v) is 3.76. The molecule has 2 N–H and O–H groups in total. The van der Waals surface area contributed by atoms with Crippen molar-refractivity contribution in [1.29, 1.82) is 0 Å². The summed E-state index contributed by atoms with van der Waals surface area (Å²) in [7, 11) is 1.54. The molecular weight excluding hydrogens is 298 g/mol. The highest BCUT2D eigenvalue weighted by Crippen LogP contribution is 2.33. The van der Waals surface area contributed by atoms with Crippen LogP contribution in [0.5, 0.6) is 5.75 Å². The van der Waals surface area contributed by atoms with Crippen LogP contribution in [0.25, 0.3) is 0 Å². The number of carboxylic acid groups (broad SMARTS) is 1. The van der Waals surface area contributed by atoms with Gasteiger partial charge in [0.15, 0.2) is 0 Å². The zero-order valence-corrected chi connectivity index (χ0v) is 13.9. The molecule has 7 heteroatoms. The summed E-state index contributed by atoms with van der Waals surface area (Å²) >= 11 is 0. The van der Waals surface area contributed by atoms with Crippen molar-refractivity contribution in [3.8, 4) is 5.75 Å². The first kappa shape index (κ1) is 17.1. The lowest BCUT2D eigenvalue weighted by Gasteiger charge is -2.48. The fourth-order valence-corrected chi connectivity index (χ4v) is 2.61. The molecule has 2 heterocycles. The Labute approximate surface area is 135 Å². The molecule has 1 aromatic heterocycles. The molecule has 0 aliphatic carbocycles. The number of aromatic nitrogens is 1. The zero-order valence-electron chi connectivity index (χ0n) is 13.9. The lowest BCUT2D eigenvalue weighted by Crippen LogP contribution is -2.64. The van der Waals surface area contributed by atoms with E-state index in [0.717, 1.165) is 0 Å². The number of amides is 2. The highest BCUT2D eigenvalue weighted by Gasteiger charge is 2.45. The number of hydrogen-bond acceptors (Lipinski definition) is 4. The van der Waals surface area contributed by atoms with Gasteiger partial charge in [0.25, 0.3) is 5.91 Å². The maximum atomic E-state index is 11.5. The number of pyridine rings is 1. The van der Waals surface area contributed by atoms with Crippen molar-refractivity contribution in [2.24, 2.45) is 5.41 Å². The minimum atomic E-state index is -0.924. The standard InChI is InChI=1S/C16H23N3O4/c1-16(2,3)7-12-13(9-19(12)15(21)22)23-10-5-6-11(18-8-10)14(20)17-4/h5-6,8,12-13H,7,9H2,1-4H3,(H,17,20)(H,21,22)/t12-,13+/m0/s1. The van der Waals surface area contributed by atoms with Gasteiger partial charge in [-0.15, -0.1) is 0 Å². The van der Waals surface area contributed by atoms with Gasteiger partial charge in [-0.3, -0.25) is 9.69 Å². The molecule has 1 aromatic rings. The van der Waals surface area contributed by atoms with Gasteiger partial charge in [-0.25, -0.2) is 9.78 Å². The van der Waals surface area contributed by atoms with Crippen molar-refractivity contribution in [1.82, 2.24) is 15.2 Å². The second-order valence-corrected chi connectivity index (χ2v) is 6.88. The molecule has 23 heavy (non-hydrogen) atoms. The van der Waals surface area contributed by atoms with E-state index in [4.69, 9.17) is 4.74 Å². The van der Waals surface area contributed by atoms with Crippen LogP contribution in [0.3, 0.4) is 0 Å². The van der Waals surface area contributed by atoms with Gasteiger partial charge in [0.05, 0.1) is 18.8 Å². The van der Waals surface area contributed by atoms with E-state index in [0.29, 0.717) is 24.4 Å². The van der Waals surface area contributed by atoms with Gasteiger partial charge in [0.2, 0.25) is 0 Å². The molecule has 2 atom stereocenters. The highest BCUT2D eigenvalue weighted by molar-refractivity contribution is 5.91. The number of carbonyl (C=O) groups excluding carboxylic acids is 1. The molecule has 2 amide bonds. The molecule has 0 saturated carbocycles. The summed E-state index contributed by atoms with van der Waals surface area (Å²) in [5, 5.41) is 11.7. The molecule has 0 unspecified atom stereocenters. The first-order valence-corrected chi connectivity index (χ1v) is 7.55. The number of rotatable bonds is 4. The predicted molar refractivity (Wildman–Crippen MR) is 84.6 cm³/mol. The molecule has 1 saturated heterocycles. The fraction of sp³-hybridized carbons (Fsp3) is 0.562.